The summed E-state index contributed by atoms with van der Waals surface area (Å²) in [4.78, 5) is 1.16. The number of hydrogen-bond donors (Lipinski definition) is 2. The van der Waals surface area contributed by atoms with Gasteiger partial charge in [-0.3, -0.25) is 4.72 Å². The Kier molecular flexibility index (Phi) is 8.86. The first-order chi connectivity index (χ1) is 14.8. The number of nitrogens with one attached hydrogen (secondary N) is 2. The largest absolute Gasteiger partial charge is 0.497 e. The Morgan fingerprint density at radius 1 is 1.03 bits per heavy atom. The molecule has 0 bridgehead atoms. The molecule has 0 aliphatic heterocycles. The predicted molar refractivity (Wildman–Crippen MR) is 129 cm³/mol. The van der Waals surface area contributed by atoms with Crippen molar-refractivity contribution in [2.24, 2.45) is 0 Å². The van der Waals surface area contributed by atoms with E-state index in [0.29, 0.717) is 0 Å². The van der Waals surface area contributed by atoms with Crippen LogP contribution in [0.4, 0.5) is 0 Å². The number of methoxy groups -OCH3 is 1. The molecule has 0 amide bonds. The van der Waals surface area contributed by atoms with Crippen LogP contribution in [0.5, 0.6) is 5.75 Å². The minimum Gasteiger partial charge on any atom is -0.497 e. The first kappa shape index (κ1) is 22.0. The molecular formula is C26H28N2OS. The first-order valence-corrected chi connectivity index (χ1v) is 11.0. The van der Waals surface area contributed by atoms with Gasteiger partial charge < -0.3 is 10.1 Å². The fourth-order valence-corrected chi connectivity index (χ4v) is 3.77. The zero-order chi connectivity index (χ0) is 21.0. The smallest absolute Gasteiger partial charge is 0.118 e. The molecule has 0 saturated heterocycles. The zero-order valence-corrected chi connectivity index (χ0v) is 18.3. The summed E-state index contributed by atoms with van der Waals surface area (Å²) >= 11 is 1.61. The Hall–Kier alpha value is -2.71. The molecule has 0 fully saturated rings. The first-order valence-electron chi connectivity index (χ1n) is 10.2. The lowest BCUT2D eigenvalue weighted by molar-refractivity contribution is 0.414. The lowest BCUT2D eigenvalue weighted by Crippen LogP contribution is -2.18. The lowest BCUT2D eigenvalue weighted by atomic mass is 10.00. The quantitative estimate of drug-likeness (QED) is 0.264. The number of hydrogen-bond acceptors (Lipinski definition) is 4. The molecule has 3 nitrogen and oxygen atoms in total. The van der Waals surface area contributed by atoms with Crippen molar-refractivity contribution in [3.8, 4) is 17.6 Å². The summed E-state index contributed by atoms with van der Waals surface area (Å²) in [6.45, 7) is 3.84. The van der Waals surface area contributed by atoms with Crippen LogP contribution in [0.15, 0.2) is 83.8 Å². The van der Waals surface area contributed by atoms with Crippen LogP contribution in [-0.2, 0) is 0 Å². The van der Waals surface area contributed by atoms with Gasteiger partial charge in [0.1, 0.15) is 5.75 Å². The third kappa shape index (κ3) is 6.67. The highest BCUT2D eigenvalue weighted by molar-refractivity contribution is 7.97. The van der Waals surface area contributed by atoms with Crippen molar-refractivity contribution < 1.29 is 4.74 Å². The van der Waals surface area contributed by atoms with Crippen LogP contribution in [0.1, 0.15) is 24.9 Å². The van der Waals surface area contributed by atoms with Gasteiger partial charge >= 0.3 is 0 Å². The molecule has 1 atom stereocenters. The highest BCUT2D eigenvalue weighted by Gasteiger charge is 2.07. The number of ether oxygens (including phenoxy) is 1. The average Bonchev–Trinajstić information content (AvgIpc) is 2.80. The van der Waals surface area contributed by atoms with Gasteiger partial charge in [-0.1, -0.05) is 60.4 Å². The van der Waals surface area contributed by atoms with Crippen molar-refractivity contribution in [1.29, 1.82) is 0 Å². The van der Waals surface area contributed by atoms with Gasteiger partial charge in [-0.15, -0.1) is 0 Å². The second kappa shape index (κ2) is 12.1. The molecule has 1 unspecified atom stereocenters. The zero-order valence-electron chi connectivity index (χ0n) is 17.5. The van der Waals surface area contributed by atoms with Crippen molar-refractivity contribution in [1.82, 2.24) is 10.0 Å². The number of fused-ring (bicyclic) bond motifs is 1. The molecule has 30 heavy (non-hydrogen) atoms. The summed E-state index contributed by atoms with van der Waals surface area (Å²) in [5.74, 6) is 7.15. The van der Waals surface area contributed by atoms with Crippen LogP contribution in [-0.4, -0.2) is 20.2 Å². The second-order valence-electron chi connectivity index (χ2n) is 6.84. The van der Waals surface area contributed by atoms with E-state index in [4.69, 9.17) is 4.74 Å². The monoisotopic (exact) mass is 416 g/mol. The Morgan fingerprint density at radius 3 is 2.67 bits per heavy atom. The maximum Gasteiger partial charge on any atom is 0.118 e. The molecule has 0 spiro atoms. The van der Waals surface area contributed by atoms with Crippen molar-refractivity contribution in [3.63, 3.8) is 0 Å². The van der Waals surface area contributed by atoms with E-state index < -0.39 is 0 Å². The van der Waals surface area contributed by atoms with Crippen LogP contribution in [0.3, 0.4) is 0 Å². The molecule has 2 N–H and O–H groups in total. The van der Waals surface area contributed by atoms with E-state index >= 15 is 0 Å². The predicted octanol–water partition coefficient (Wildman–Crippen LogP) is 5.75. The summed E-state index contributed by atoms with van der Waals surface area (Å²) < 4.78 is 8.49. The summed E-state index contributed by atoms with van der Waals surface area (Å²) in [7, 11) is 1.68. The van der Waals surface area contributed by atoms with E-state index in [1.54, 1.807) is 19.1 Å². The van der Waals surface area contributed by atoms with Gasteiger partial charge in [0, 0.05) is 30.4 Å². The van der Waals surface area contributed by atoms with Gasteiger partial charge in [0.05, 0.1) is 7.11 Å². The van der Waals surface area contributed by atoms with Gasteiger partial charge in [-0.25, -0.2) is 0 Å². The van der Waals surface area contributed by atoms with Crippen LogP contribution >= 0.6 is 11.9 Å². The molecule has 3 aromatic rings. The molecule has 0 aromatic heterocycles. The molecule has 0 radical (unpaired) electrons. The van der Waals surface area contributed by atoms with Crippen LogP contribution in [0, 0.1) is 11.8 Å². The Morgan fingerprint density at radius 2 is 1.83 bits per heavy atom. The minimum absolute atomic E-state index is 0.285. The van der Waals surface area contributed by atoms with Gasteiger partial charge in [0.25, 0.3) is 0 Å². The average molecular weight is 417 g/mol. The fourth-order valence-electron chi connectivity index (χ4n) is 3.12. The van der Waals surface area contributed by atoms with Crippen molar-refractivity contribution in [3.05, 3.63) is 84.4 Å². The van der Waals surface area contributed by atoms with Gasteiger partial charge in [-0.05, 0) is 65.5 Å². The van der Waals surface area contributed by atoms with E-state index in [1.165, 1.54) is 16.3 Å². The summed E-state index contributed by atoms with van der Waals surface area (Å²) in [5, 5.41) is 6.14. The highest BCUT2D eigenvalue weighted by atomic mass is 32.2. The maximum absolute atomic E-state index is 5.16. The molecule has 154 valence electrons. The highest BCUT2D eigenvalue weighted by Crippen LogP contribution is 2.23. The van der Waals surface area contributed by atoms with E-state index in [0.717, 1.165) is 30.2 Å². The van der Waals surface area contributed by atoms with Gasteiger partial charge in [0.2, 0.25) is 0 Å². The Labute approximate surface area is 184 Å². The second-order valence-corrected chi connectivity index (χ2v) is 7.81. The molecule has 4 heteroatoms. The van der Waals surface area contributed by atoms with Gasteiger partial charge in [0.15, 0.2) is 0 Å². The SMILES string of the molecule is COc1ccc(SNCCC#C/C=C/CNC(C)c2cccc3ccccc23)cc1. The third-order valence-corrected chi connectivity index (χ3v) is 5.59. The molecule has 3 rings (SSSR count). The summed E-state index contributed by atoms with van der Waals surface area (Å²) in [6, 6.07) is 23.3. The minimum atomic E-state index is 0.285. The topological polar surface area (TPSA) is 33.3 Å². The third-order valence-electron chi connectivity index (χ3n) is 4.74. The standard InChI is InChI=1S/C26H28N2OS/c1-21(25-14-10-12-22-11-6-7-13-26(22)25)27-19-8-4-3-5-9-20-28-30-24-17-15-23(29-2)16-18-24/h4,6-8,10-18,21,27-28H,9,19-20H2,1-2H3/b8-4+. The molecule has 3 aromatic carbocycles. The lowest BCUT2D eigenvalue weighted by Gasteiger charge is -2.15. The summed E-state index contributed by atoms with van der Waals surface area (Å²) in [5.41, 5.74) is 1.33. The van der Waals surface area contributed by atoms with Crippen LogP contribution < -0.4 is 14.8 Å². The van der Waals surface area contributed by atoms with E-state index in [1.807, 2.05) is 30.3 Å². The van der Waals surface area contributed by atoms with Gasteiger partial charge in [-0.2, -0.15) is 0 Å². The summed E-state index contributed by atoms with van der Waals surface area (Å²) in [6.07, 6.45) is 4.82. The molecule has 0 aliphatic carbocycles. The van der Waals surface area contributed by atoms with Crippen LogP contribution in [0.2, 0.25) is 0 Å². The van der Waals surface area contributed by atoms with Crippen LogP contribution in [0.25, 0.3) is 10.8 Å². The van der Waals surface area contributed by atoms with Crippen molar-refractivity contribution >= 4 is 22.7 Å². The van der Waals surface area contributed by atoms with E-state index in [9.17, 15) is 0 Å². The molecule has 0 aliphatic rings. The normalized spacial score (nSPS) is 11.9. The Bertz CT molecular complexity index is 1010. The number of allylic oxidation sites excluding steroid dienone is 1. The maximum atomic E-state index is 5.16. The number of rotatable bonds is 9. The molecular weight excluding hydrogens is 388 g/mol. The van der Waals surface area contributed by atoms with E-state index in [2.05, 4.69) is 77.3 Å². The number of benzene rings is 3. The van der Waals surface area contributed by atoms with Crippen molar-refractivity contribution in [2.45, 2.75) is 24.3 Å². The molecule has 0 saturated carbocycles. The van der Waals surface area contributed by atoms with Crippen molar-refractivity contribution in [2.75, 3.05) is 20.2 Å². The Balaban J connectivity index is 1.34. The molecule has 0 heterocycles. The fraction of sp³-hybridized carbons (Fsp3) is 0.231. The van der Waals surface area contributed by atoms with E-state index in [-0.39, 0.29) is 6.04 Å².